The summed E-state index contributed by atoms with van der Waals surface area (Å²) >= 11 is 0. The minimum absolute atomic E-state index is 1.08. The fraction of sp³-hybridized carbons (Fsp3) is 0. The van der Waals surface area contributed by atoms with Crippen molar-refractivity contribution in [2.75, 3.05) is 0 Å². The van der Waals surface area contributed by atoms with Gasteiger partial charge in [-0.2, -0.15) is 0 Å². The second kappa shape index (κ2) is 3.99. The molecular formula is C4HBO12Si. The van der Waals surface area contributed by atoms with Gasteiger partial charge in [0.05, 0.1) is 0 Å². The zero-order valence-electron chi connectivity index (χ0n) is 8.02. The number of hydrogen-bond donors (Lipinski definition) is 1. The highest BCUT2D eigenvalue weighted by Gasteiger charge is 2.73. The highest BCUT2D eigenvalue weighted by Crippen LogP contribution is 2.24. The molecule has 0 unspecified atom stereocenters. The Labute approximate surface area is 97.9 Å². The zero-order chi connectivity index (χ0) is 13.3. The van der Waals surface area contributed by atoms with Gasteiger partial charge in [0.2, 0.25) is 0 Å². The van der Waals surface area contributed by atoms with E-state index in [9.17, 15) is 19.2 Å². The van der Waals surface area contributed by atoms with Gasteiger partial charge in [0.25, 0.3) is 0 Å². The van der Waals surface area contributed by atoms with Crippen LogP contribution in [0.3, 0.4) is 0 Å². The average molecular weight is 280 g/mol. The SMILES string of the molecule is O=C(O)O[Si]1(OC(=O)OB2OC(=O)O2)OC(=O)O1. The molecule has 0 atom stereocenters. The maximum absolute atomic E-state index is 11.0. The molecule has 2 rings (SSSR count). The number of carboxylic acid groups (broad SMARTS) is 1. The van der Waals surface area contributed by atoms with Crippen molar-refractivity contribution in [3.8, 4) is 0 Å². The molecule has 0 aromatic carbocycles. The van der Waals surface area contributed by atoms with Gasteiger partial charge < -0.3 is 36.8 Å². The standard InChI is InChI=1S/C4HBO12Si/c6-1(7)14-18(16-4(10)17-18)15-3(9)13-5-11-2(8)12-5/h(H,6,7). The van der Waals surface area contributed by atoms with E-state index in [0.717, 1.165) is 0 Å². The smallest absolute Gasteiger partial charge is 0.450 e. The van der Waals surface area contributed by atoms with Gasteiger partial charge in [0.15, 0.2) is 0 Å². The van der Waals surface area contributed by atoms with Gasteiger partial charge in [-0.3, -0.25) is 0 Å². The fourth-order valence-electron chi connectivity index (χ4n) is 0.842. The van der Waals surface area contributed by atoms with Crippen LogP contribution in [0, 0.1) is 0 Å². The highest BCUT2D eigenvalue weighted by atomic mass is 28.4. The van der Waals surface area contributed by atoms with E-state index in [1.807, 2.05) is 0 Å². The van der Waals surface area contributed by atoms with Gasteiger partial charge in [0, 0.05) is 0 Å². The minimum Gasteiger partial charge on any atom is -0.450 e. The molecule has 2 heterocycles. The Bertz CT molecular complexity index is 416. The van der Waals surface area contributed by atoms with E-state index in [1.165, 1.54) is 0 Å². The van der Waals surface area contributed by atoms with Crippen LogP contribution in [0.1, 0.15) is 0 Å². The number of hydrogen-bond acceptors (Lipinski definition) is 11. The fourth-order valence-corrected chi connectivity index (χ4v) is 1.94. The number of carbonyl (C=O) groups excluding carboxylic acids is 3. The van der Waals surface area contributed by atoms with E-state index in [4.69, 9.17) is 5.11 Å². The van der Waals surface area contributed by atoms with Crippen molar-refractivity contribution in [3.63, 3.8) is 0 Å². The molecule has 0 aromatic heterocycles. The van der Waals surface area contributed by atoms with Crippen LogP contribution in [0.5, 0.6) is 0 Å². The molecule has 0 amide bonds. The third-order valence-corrected chi connectivity index (χ3v) is 3.09. The van der Waals surface area contributed by atoms with Crippen LogP contribution in [0.25, 0.3) is 0 Å². The Hall–Kier alpha value is -2.64. The quantitative estimate of drug-likeness (QED) is 0.668. The van der Waals surface area contributed by atoms with Crippen LogP contribution < -0.4 is 0 Å². The molecule has 2 saturated heterocycles. The summed E-state index contributed by atoms with van der Waals surface area (Å²) in [5, 5.41) is 8.30. The molecule has 12 nitrogen and oxygen atoms in total. The third kappa shape index (κ3) is 2.37. The van der Waals surface area contributed by atoms with Gasteiger partial charge in [-0.15, -0.1) is 0 Å². The summed E-state index contributed by atoms with van der Waals surface area (Å²) in [4.78, 5) is 41.8. The molecule has 18 heavy (non-hydrogen) atoms. The molecule has 2 fully saturated rings. The van der Waals surface area contributed by atoms with Crippen LogP contribution >= 0.6 is 0 Å². The summed E-state index contributed by atoms with van der Waals surface area (Å²) in [6, 6.07) is 0. The Morgan fingerprint density at radius 3 is 2.17 bits per heavy atom. The largest absolute Gasteiger partial charge is 0.984 e. The van der Waals surface area contributed by atoms with Crippen molar-refractivity contribution in [2.45, 2.75) is 0 Å². The van der Waals surface area contributed by atoms with Crippen LogP contribution in [0.4, 0.5) is 19.2 Å². The lowest BCUT2D eigenvalue weighted by Crippen LogP contribution is -2.62. The predicted octanol–water partition coefficient (Wildman–Crippen LogP) is -0.412. The topological polar surface area (TPSA) is 153 Å². The van der Waals surface area contributed by atoms with Crippen LogP contribution in [-0.4, -0.2) is 46.1 Å². The van der Waals surface area contributed by atoms with E-state index < -0.39 is 41.0 Å². The molecule has 0 radical (unpaired) electrons. The van der Waals surface area contributed by atoms with E-state index in [0.29, 0.717) is 0 Å². The number of carbonyl (C=O) groups is 4. The van der Waals surface area contributed by atoms with E-state index in [2.05, 4.69) is 31.7 Å². The van der Waals surface area contributed by atoms with E-state index in [-0.39, 0.29) is 0 Å². The van der Waals surface area contributed by atoms with Gasteiger partial charge in [-0.25, -0.2) is 19.2 Å². The van der Waals surface area contributed by atoms with Gasteiger partial charge >= 0.3 is 41.0 Å². The monoisotopic (exact) mass is 280 g/mol. The zero-order valence-corrected chi connectivity index (χ0v) is 9.02. The van der Waals surface area contributed by atoms with Gasteiger partial charge in [-0.05, 0) is 0 Å². The van der Waals surface area contributed by atoms with E-state index in [1.54, 1.807) is 0 Å². The van der Waals surface area contributed by atoms with Crippen molar-refractivity contribution in [3.05, 3.63) is 0 Å². The Morgan fingerprint density at radius 1 is 1.11 bits per heavy atom. The summed E-state index contributed by atoms with van der Waals surface area (Å²) < 4.78 is 28.9. The van der Waals surface area contributed by atoms with Crippen molar-refractivity contribution in [2.24, 2.45) is 0 Å². The van der Waals surface area contributed by atoms with Crippen LogP contribution in [0.15, 0.2) is 0 Å². The first kappa shape index (κ1) is 11.8. The molecule has 96 valence electrons. The predicted molar refractivity (Wildman–Crippen MR) is 43.3 cm³/mol. The molecule has 0 saturated carbocycles. The first-order valence-electron chi connectivity index (χ1n) is 3.99. The lowest BCUT2D eigenvalue weighted by atomic mass is 10.2. The molecular weight excluding hydrogens is 279 g/mol. The van der Waals surface area contributed by atoms with Crippen LogP contribution in [0.2, 0.25) is 0 Å². The highest BCUT2D eigenvalue weighted by molar-refractivity contribution is 6.64. The second-order valence-corrected chi connectivity index (χ2v) is 4.38. The lowest BCUT2D eigenvalue weighted by Gasteiger charge is -2.29. The summed E-state index contributed by atoms with van der Waals surface area (Å²) in [7, 11) is -6.05. The minimum atomic E-state index is -4.42. The van der Waals surface area contributed by atoms with Gasteiger partial charge in [0.1, 0.15) is 0 Å². The maximum Gasteiger partial charge on any atom is 0.984 e. The molecule has 2 aliphatic rings. The molecule has 2 aliphatic heterocycles. The van der Waals surface area contributed by atoms with Crippen molar-refractivity contribution in [1.82, 2.24) is 0 Å². The van der Waals surface area contributed by atoms with Crippen molar-refractivity contribution >= 4 is 41.0 Å². The summed E-state index contributed by atoms with van der Waals surface area (Å²) in [5.41, 5.74) is 0. The maximum atomic E-state index is 11.0. The van der Waals surface area contributed by atoms with Crippen LogP contribution in [-0.2, 0) is 31.7 Å². The summed E-state index contributed by atoms with van der Waals surface area (Å²) in [6.45, 7) is 0. The average Bonchev–Trinajstić information content (AvgIpc) is 2.11. The first-order chi connectivity index (χ1) is 8.38. The molecule has 0 spiro atoms. The Morgan fingerprint density at radius 2 is 1.72 bits per heavy atom. The molecule has 1 N–H and O–H groups in total. The third-order valence-electron chi connectivity index (χ3n) is 1.41. The van der Waals surface area contributed by atoms with Gasteiger partial charge in [-0.1, -0.05) is 0 Å². The van der Waals surface area contributed by atoms with Crippen molar-refractivity contribution < 1.29 is 56.0 Å². The van der Waals surface area contributed by atoms with Crippen molar-refractivity contribution in [1.29, 1.82) is 0 Å². The Kier molecular flexibility index (Phi) is 2.62. The van der Waals surface area contributed by atoms with E-state index >= 15 is 0 Å². The second-order valence-electron chi connectivity index (χ2n) is 2.57. The lowest BCUT2D eigenvalue weighted by molar-refractivity contribution is -0.0470. The molecule has 0 bridgehead atoms. The first-order valence-corrected chi connectivity index (χ1v) is 5.63. The molecule has 0 aliphatic carbocycles. The molecule has 14 heteroatoms. The molecule has 0 aromatic rings. The summed E-state index contributed by atoms with van der Waals surface area (Å²) in [6.07, 6.45) is -5.82. The number of rotatable bonds is 3. The summed E-state index contributed by atoms with van der Waals surface area (Å²) in [5.74, 6) is 0. The normalized spacial score (nSPS) is 18.8. The Balaban J connectivity index is 1.85.